The first-order valence-electron chi connectivity index (χ1n) is 11.6. The van der Waals surface area contributed by atoms with Gasteiger partial charge in [0.1, 0.15) is 11.6 Å². The number of benzene rings is 4. The molecule has 4 aromatic rings. The van der Waals surface area contributed by atoms with Gasteiger partial charge >= 0.3 is 0 Å². The van der Waals surface area contributed by atoms with Crippen LogP contribution in [0, 0.1) is 18.6 Å². The van der Waals surface area contributed by atoms with Crippen molar-refractivity contribution in [2.75, 3.05) is 4.90 Å². The van der Waals surface area contributed by atoms with Crippen LogP contribution in [0.4, 0.5) is 14.5 Å². The Labute approximate surface area is 209 Å². The lowest BCUT2D eigenvalue weighted by atomic mass is 10.1. The second-order valence-electron chi connectivity index (χ2n) is 8.64. The molecule has 4 aromatic carbocycles. The molecule has 0 aliphatic carbocycles. The lowest BCUT2D eigenvalue weighted by molar-refractivity contribution is -0.120. The number of hydrogen-bond acceptors (Lipinski definition) is 2. The third-order valence-corrected chi connectivity index (χ3v) is 5.76. The molecule has 0 saturated heterocycles. The van der Waals surface area contributed by atoms with Crippen LogP contribution in [0.15, 0.2) is 97.1 Å². The molecule has 1 N–H and O–H groups in total. The zero-order chi connectivity index (χ0) is 25.5. The van der Waals surface area contributed by atoms with Crippen molar-refractivity contribution in [1.82, 2.24) is 5.32 Å². The smallest absolute Gasteiger partial charge is 0.258 e. The highest BCUT2D eigenvalue weighted by atomic mass is 19.1. The minimum Gasteiger partial charge on any atom is -0.352 e. The Kier molecular flexibility index (Phi) is 7.85. The van der Waals surface area contributed by atoms with Gasteiger partial charge in [-0.05, 0) is 66.1 Å². The van der Waals surface area contributed by atoms with Gasteiger partial charge in [-0.1, -0.05) is 60.2 Å². The van der Waals surface area contributed by atoms with Crippen molar-refractivity contribution in [3.05, 3.63) is 137 Å². The molecule has 4 rings (SSSR count). The summed E-state index contributed by atoms with van der Waals surface area (Å²) in [6.45, 7) is 2.63. The second kappa shape index (κ2) is 11.4. The second-order valence-corrected chi connectivity index (χ2v) is 8.64. The van der Waals surface area contributed by atoms with Crippen LogP contribution in [0.5, 0.6) is 0 Å². The Morgan fingerprint density at radius 1 is 0.750 bits per heavy atom. The third-order valence-electron chi connectivity index (χ3n) is 5.76. The van der Waals surface area contributed by atoms with E-state index in [1.807, 2.05) is 31.2 Å². The van der Waals surface area contributed by atoms with Crippen LogP contribution in [0.25, 0.3) is 0 Å². The molecule has 0 spiro atoms. The first-order valence-corrected chi connectivity index (χ1v) is 11.6. The largest absolute Gasteiger partial charge is 0.352 e. The Morgan fingerprint density at radius 2 is 1.44 bits per heavy atom. The van der Waals surface area contributed by atoms with Gasteiger partial charge < -0.3 is 10.2 Å². The van der Waals surface area contributed by atoms with Crippen molar-refractivity contribution in [3.63, 3.8) is 0 Å². The lowest BCUT2D eigenvalue weighted by Crippen LogP contribution is -2.30. The molecule has 4 nitrogen and oxygen atoms in total. The number of halogens is 2. The molecule has 0 aliphatic heterocycles. The topological polar surface area (TPSA) is 49.4 Å². The highest BCUT2D eigenvalue weighted by Crippen LogP contribution is 2.22. The van der Waals surface area contributed by atoms with Crippen LogP contribution in [0.1, 0.15) is 32.6 Å². The third kappa shape index (κ3) is 6.63. The molecule has 0 atom stereocenters. The first kappa shape index (κ1) is 24.8. The fourth-order valence-electron chi connectivity index (χ4n) is 3.89. The average Bonchev–Trinajstić information content (AvgIpc) is 2.87. The molecule has 36 heavy (non-hydrogen) atoms. The van der Waals surface area contributed by atoms with Crippen molar-refractivity contribution in [2.24, 2.45) is 0 Å². The van der Waals surface area contributed by atoms with Gasteiger partial charge in [-0.25, -0.2) is 8.78 Å². The van der Waals surface area contributed by atoms with Crippen molar-refractivity contribution in [1.29, 1.82) is 0 Å². The molecule has 0 aromatic heterocycles. The van der Waals surface area contributed by atoms with E-state index in [1.165, 1.54) is 35.2 Å². The van der Waals surface area contributed by atoms with Crippen molar-refractivity contribution < 1.29 is 18.4 Å². The van der Waals surface area contributed by atoms with Crippen molar-refractivity contribution >= 4 is 17.5 Å². The number of carbonyl (C=O) groups is 2. The van der Waals surface area contributed by atoms with Crippen molar-refractivity contribution in [3.8, 4) is 0 Å². The van der Waals surface area contributed by atoms with Gasteiger partial charge in [-0.3, -0.25) is 9.59 Å². The zero-order valence-electron chi connectivity index (χ0n) is 19.9. The molecular formula is C30H26F2N2O2. The number of hydrogen-bond donors (Lipinski definition) is 1. The van der Waals surface area contributed by atoms with E-state index in [-0.39, 0.29) is 36.2 Å². The number of aryl methyl sites for hydroxylation is 1. The number of amides is 2. The molecule has 0 radical (unpaired) electrons. The van der Waals surface area contributed by atoms with Gasteiger partial charge in [-0.15, -0.1) is 0 Å². The van der Waals surface area contributed by atoms with Gasteiger partial charge in [0.25, 0.3) is 5.91 Å². The summed E-state index contributed by atoms with van der Waals surface area (Å²) < 4.78 is 27.2. The van der Waals surface area contributed by atoms with E-state index in [2.05, 4.69) is 5.32 Å². The number of rotatable bonds is 8. The van der Waals surface area contributed by atoms with E-state index >= 15 is 0 Å². The summed E-state index contributed by atoms with van der Waals surface area (Å²) in [5, 5.41) is 2.92. The summed E-state index contributed by atoms with van der Waals surface area (Å²) in [6.07, 6.45) is 0.196. The van der Waals surface area contributed by atoms with E-state index in [1.54, 1.807) is 42.5 Å². The van der Waals surface area contributed by atoms with E-state index in [9.17, 15) is 18.4 Å². The van der Waals surface area contributed by atoms with E-state index in [4.69, 9.17) is 0 Å². The molecule has 2 amide bonds. The maximum atomic E-state index is 13.8. The van der Waals surface area contributed by atoms with Gasteiger partial charge in [0.15, 0.2) is 0 Å². The quantitative estimate of drug-likeness (QED) is 0.335. The molecule has 0 heterocycles. The minimum absolute atomic E-state index is 0.108. The standard InChI is InChI=1S/C30H26F2N2O2/c1-21-4-2-5-24(16-21)19-33-29(35)17-22-10-14-28(15-11-22)34(20-23-8-12-26(31)13-9-23)30(36)25-6-3-7-27(32)18-25/h2-16,18H,17,19-20H2,1H3,(H,33,35). The molecule has 0 aliphatic rings. The predicted octanol–water partition coefficient (Wildman–Crippen LogP) is 5.98. The van der Waals surface area contributed by atoms with Crippen LogP contribution in [-0.2, 0) is 24.3 Å². The molecule has 0 bridgehead atoms. The summed E-state index contributed by atoms with van der Waals surface area (Å²) in [6, 6.07) is 26.4. The fourth-order valence-corrected chi connectivity index (χ4v) is 3.89. The highest BCUT2D eigenvalue weighted by Gasteiger charge is 2.19. The minimum atomic E-state index is -0.505. The summed E-state index contributed by atoms with van der Waals surface area (Å²) in [4.78, 5) is 27.2. The van der Waals surface area contributed by atoms with E-state index in [0.717, 1.165) is 22.3 Å². The van der Waals surface area contributed by atoms with Gasteiger partial charge in [0, 0.05) is 17.8 Å². The number of nitrogens with zero attached hydrogens (tertiary/aromatic N) is 1. The molecular weight excluding hydrogens is 458 g/mol. The maximum Gasteiger partial charge on any atom is 0.258 e. The van der Waals surface area contributed by atoms with Gasteiger partial charge in [0.2, 0.25) is 5.91 Å². The zero-order valence-corrected chi connectivity index (χ0v) is 19.9. The van der Waals surface area contributed by atoms with Crippen LogP contribution < -0.4 is 10.2 Å². The van der Waals surface area contributed by atoms with E-state index in [0.29, 0.717) is 12.2 Å². The number of anilines is 1. The Balaban J connectivity index is 1.49. The SMILES string of the molecule is Cc1cccc(CNC(=O)Cc2ccc(N(Cc3ccc(F)cc3)C(=O)c3cccc(F)c3)cc2)c1. The Bertz CT molecular complexity index is 1350. The average molecular weight is 485 g/mol. The lowest BCUT2D eigenvalue weighted by Gasteiger charge is -2.23. The number of nitrogens with one attached hydrogen (secondary N) is 1. The number of carbonyl (C=O) groups excluding carboxylic acids is 2. The summed E-state index contributed by atoms with van der Waals surface area (Å²) >= 11 is 0. The normalized spacial score (nSPS) is 10.6. The highest BCUT2D eigenvalue weighted by molar-refractivity contribution is 6.06. The summed E-state index contributed by atoms with van der Waals surface area (Å²) in [7, 11) is 0. The van der Waals surface area contributed by atoms with Crippen molar-refractivity contribution in [2.45, 2.75) is 26.4 Å². The molecule has 0 fully saturated rings. The summed E-state index contributed by atoms with van der Waals surface area (Å²) in [5.74, 6) is -1.37. The van der Waals surface area contributed by atoms with Gasteiger partial charge in [-0.2, -0.15) is 0 Å². The monoisotopic (exact) mass is 484 g/mol. The Hall–Kier alpha value is -4.32. The Morgan fingerprint density at radius 3 is 2.14 bits per heavy atom. The van der Waals surface area contributed by atoms with Crippen LogP contribution in [0.2, 0.25) is 0 Å². The van der Waals surface area contributed by atoms with Crippen LogP contribution in [-0.4, -0.2) is 11.8 Å². The van der Waals surface area contributed by atoms with Crippen LogP contribution in [0.3, 0.4) is 0 Å². The summed E-state index contributed by atoms with van der Waals surface area (Å²) in [5.41, 5.74) is 4.47. The van der Waals surface area contributed by atoms with Crippen LogP contribution >= 0.6 is 0 Å². The molecule has 0 unspecified atom stereocenters. The first-order chi connectivity index (χ1) is 17.4. The molecule has 0 saturated carbocycles. The predicted molar refractivity (Wildman–Crippen MR) is 136 cm³/mol. The fraction of sp³-hybridized carbons (Fsp3) is 0.133. The van der Waals surface area contributed by atoms with E-state index < -0.39 is 5.82 Å². The maximum absolute atomic E-state index is 13.8. The molecule has 6 heteroatoms. The van der Waals surface area contributed by atoms with Gasteiger partial charge in [0.05, 0.1) is 13.0 Å². The molecule has 182 valence electrons.